The lowest BCUT2D eigenvalue weighted by Gasteiger charge is -2.11. The van der Waals surface area contributed by atoms with Crippen LogP contribution >= 0.6 is 23.2 Å². The number of sulfone groups is 1. The standard InChI is InChI=1S/C17H15Cl2N7O9S3/c18-15-22-16(19)24-17(23-15)21-12-7-11(20)14(37(29,30)31)8-13(12)26-25-9-1-3-10(4-2-9)36(27,28)6-5-35-38(32,33)34/h1-4,7-8H,5-6,20H2,(H,29,30,31)(H,32,33,34)(H,21,22,23,24)/b26-25+. The molecule has 16 nitrogen and oxygen atoms in total. The van der Waals surface area contributed by atoms with Crippen LogP contribution in [-0.4, -0.2) is 61.7 Å². The van der Waals surface area contributed by atoms with Crippen molar-refractivity contribution in [1.29, 1.82) is 0 Å². The molecule has 0 aliphatic carbocycles. The van der Waals surface area contributed by atoms with Crippen LogP contribution in [0.4, 0.5) is 28.7 Å². The number of anilines is 3. The minimum atomic E-state index is -4.79. The summed E-state index contributed by atoms with van der Waals surface area (Å²) in [5.41, 5.74) is 5.36. The van der Waals surface area contributed by atoms with Crippen LogP contribution in [0.3, 0.4) is 0 Å². The molecule has 3 rings (SSSR count). The molecule has 0 fully saturated rings. The normalized spacial score (nSPS) is 12.6. The molecule has 0 aliphatic heterocycles. The number of hydrogen-bond acceptors (Lipinski definition) is 14. The molecule has 1 aromatic heterocycles. The highest BCUT2D eigenvalue weighted by atomic mass is 35.5. The number of azo groups is 1. The Bertz CT molecular complexity index is 1700. The molecule has 0 atom stereocenters. The summed E-state index contributed by atoms with van der Waals surface area (Å²) in [6.45, 7) is -0.802. The predicted octanol–water partition coefficient (Wildman–Crippen LogP) is 2.76. The molecule has 0 spiro atoms. The monoisotopic (exact) mass is 627 g/mol. The van der Waals surface area contributed by atoms with E-state index in [0.717, 1.165) is 24.3 Å². The Morgan fingerprint density at radius 1 is 0.921 bits per heavy atom. The van der Waals surface area contributed by atoms with Gasteiger partial charge in [0.25, 0.3) is 10.1 Å². The SMILES string of the molecule is Nc1cc(Nc2nc(Cl)nc(Cl)n2)c(/N=N/c2ccc(S(=O)(=O)CCOS(=O)(=O)O)cc2)cc1S(=O)(=O)O. The highest BCUT2D eigenvalue weighted by Crippen LogP contribution is 2.35. The maximum Gasteiger partial charge on any atom is 0.397 e. The maximum atomic E-state index is 12.3. The van der Waals surface area contributed by atoms with E-state index in [-0.39, 0.29) is 44.2 Å². The average molecular weight is 628 g/mol. The summed E-state index contributed by atoms with van der Waals surface area (Å²) in [7, 11) is -13.5. The van der Waals surface area contributed by atoms with Crippen LogP contribution in [0.15, 0.2) is 56.4 Å². The fraction of sp³-hybridized carbons (Fsp3) is 0.118. The van der Waals surface area contributed by atoms with E-state index in [0.29, 0.717) is 0 Å². The Kier molecular flexibility index (Phi) is 8.83. The molecule has 21 heteroatoms. The van der Waals surface area contributed by atoms with Crippen LogP contribution < -0.4 is 11.1 Å². The van der Waals surface area contributed by atoms with Crippen LogP contribution in [0.1, 0.15) is 0 Å². The van der Waals surface area contributed by atoms with Crippen molar-refractivity contribution in [2.24, 2.45) is 10.2 Å². The number of hydrogen-bond donors (Lipinski definition) is 4. The molecule has 204 valence electrons. The van der Waals surface area contributed by atoms with Gasteiger partial charge in [-0.25, -0.2) is 12.6 Å². The fourth-order valence-electron chi connectivity index (χ4n) is 2.69. The quantitative estimate of drug-likeness (QED) is 0.143. The smallest absolute Gasteiger partial charge is 0.397 e. The molecule has 0 unspecified atom stereocenters. The van der Waals surface area contributed by atoms with E-state index >= 15 is 0 Å². The van der Waals surface area contributed by atoms with Crippen molar-refractivity contribution in [1.82, 2.24) is 15.0 Å². The fourth-order valence-corrected chi connectivity index (χ4v) is 5.16. The van der Waals surface area contributed by atoms with Gasteiger partial charge in [-0.05, 0) is 59.6 Å². The Morgan fingerprint density at radius 3 is 2.08 bits per heavy atom. The summed E-state index contributed by atoms with van der Waals surface area (Å²) in [4.78, 5) is 10.3. The molecular formula is C17H15Cl2N7O9S3. The van der Waals surface area contributed by atoms with Crippen LogP contribution in [0.2, 0.25) is 10.6 Å². The summed E-state index contributed by atoms with van der Waals surface area (Å²) in [6.07, 6.45) is 0. The zero-order valence-corrected chi connectivity index (χ0v) is 22.4. The lowest BCUT2D eigenvalue weighted by molar-refractivity contribution is 0.284. The molecule has 38 heavy (non-hydrogen) atoms. The van der Waals surface area contributed by atoms with E-state index in [1.165, 1.54) is 12.1 Å². The van der Waals surface area contributed by atoms with Crippen molar-refractivity contribution < 1.29 is 38.5 Å². The molecule has 5 N–H and O–H groups in total. The summed E-state index contributed by atoms with van der Waals surface area (Å²) in [5, 5.41) is 10.0. The van der Waals surface area contributed by atoms with Gasteiger partial charge in [0.1, 0.15) is 10.6 Å². The van der Waals surface area contributed by atoms with Crippen LogP contribution in [0.25, 0.3) is 0 Å². The Hall–Kier alpha value is -3.04. The number of nitrogens with one attached hydrogen (secondary N) is 1. The highest BCUT2D eigenvalue weighted by Gasteiger charge is 2.19. The molecule has 3 aromatic rings. The highest BCUT2D eigenvalue weighted by molar-refractivity contribution is 7.91. The van der Waals surface area contributed by atoms with Crippen molar-refractivity contribution >= 4 is 82.3 Å². The lowest BCUT2D eigenvalue weighted by atomic mass is 10.2. The number of benzene rings is 2. The molecule has 0 bridgehead atoms. The lowest BCUT2D eigenvalue weighted by Crippen LogP contribution is -2.15. The summed E-state index contributed by atoms with van der Waals surface area (Å²) < 4.78 is 91.1. The third-order valence-electron chi connectivity index (χ3n) is 4.29. The van der Waals surface area contributed by atoms with Crippen molar-refractivity contribution in [3.8, 4) is 0 Å². The van der Waals surface area contributed by atoms with Crippen molar-refractivity contribution in [2.45, 2.75) is 9.79 Å². The van der Waals surface area contributed by atoms with E-state index in [9.17, 15) is 29.8 Å². The van der Waals surface area contributed by atoms with Crippen LogP contribution in [0.5, 0.6) is 0 Å². The average Bonchev–Trinajstić information content (AvgIpc) is 2.76. The number of nitrogens with zero attached hydrogens (tertiary/aromatic N) is 5. The van der Waals surface area contributed by atoms with E-state index in [2.05, 4.69) is 34.7 Å². The van der Waals surface area contributed by atoms with Gasteiger partial charge in [-0.15, -0.1) is 5.11 Å². The Labute approximate surface area is 225 Å². The molecular weight excluding hydrogens is 613 g/mol. The molecule has 0 saturated carbocycles. The Balaban J connectivity index is 1.92. The van der Waals surface area contributed by atoms with Crippen molar-refractivity contribution in [2.75, 3.05) is 23.4 Å². The number of halogens is 2. The number of nitrogens with two attached hydrogens (primary N) is 1. The second-order valence-corrected chi connectivity index (χ2v) is 12.2. The minimum Gasteiger partial charge on any atom is -0.398 e. The van der Waals surface area contributed by atoms with Crippen molar-refractivity contribution in [3.63, 3.8) is 0 Å². The van der Waals surface area contributed by atoms with Gasteiger partial charge in [0.15, 0.2) is 9.84 Å². The van der Waals surface area contributed by atoms with Crippen LogP contribution in [0, 0.1) is 0 Å². The third kappa shape index (κ3) is 8.23. The first-order chi connectivity index (χ1) is 17.5. The second-order valence-electron chi connectivity index (χ2n) is 6.97. The largest absolute Gasteiger partial charge is 0.398 e. The molecule has 0 radical (unpaired) electrons. The first kappa shape index (κ1) is 29.5. The van der Waals surface area contributed by atoms with Gasteiger partial charge in [-0.1, -0.05) is 0 Å². The Morgan fingerprint density at radius 2 is 1.53 bits per heavy atom. The maximum absolute atomic E-state index is 12.3. The summed E-state index contributed by atoms with van der Waals surface area (Å²) in [6, 6.07) is 6.82. The third-order valence-corrected chi connectivity index (χ3v) is 7.69. The molecule has 2 aromatic carbocycles. The van der Waals surface area contributed by atoms with Gasteiger partial charge in [-0.3, -0.25) is 9.11 Å². The van der Waals surface area contributed by atoms with E-state index in [1.54, 1.807) is 0 Å². The van der Waals surface area contributed by atoms with Gasteiger partial charge < -0.3 is 11.1 Å². The first-order valence-electron chi connectivity index (χ1n) is 9.65. The molecule has 0 aliphatic rings. The van der Waals surface area contributed by atoms with Gasteiger partial charge in [-0.2, -0.15) is 36.9 Å². The summed E-state index contributed by atoms with van der Waals surface area (Å²) in [5.74, 6) is -0.893. The van der Waals surface area contributed by atoms with Gasteiger partial charge >= 0.3 is 10.4 Å². The topological polar surface area (TPSA) is 254 Å². The molecule has 1 heterocycles. The molecule has 0 amide bonds. The molecule has 0 saturated heterocycles. The van der Waals surface area contributed by atoms with Gasteiger partial charge in [0, 0.05) is 0 Å². The zero-order valence-electron chi connectivity index (χ0n) is 18.4. The number of nitrogen functional groups attached to an aromatic ring is 1. The second kappa shape index (κ2) is 11.4. The van der Waals surface area contributed by atoms with Crippen molar-refractivity contribution in [3.05, 3.63) is 47.0 Å². The first-order valence-corrected chi connectivity index (χ1v) is 14.9. The van der Waals surface area contributed by atoms with E-state index in [1.807, 2.05) is 0 Å². The van der Waals surface area contributed by atoms with E-state index in [4.69, 9.17) is 33.5 Å². The predicted molar refractivity (Wildman–Crippen MR) is 134 cm³/mol. The summed E-state index contributed by atoms with van der Waals surface area (Å²) >= 11 is 11.5. The zero-order chi connectivity index (χ0) is 28.3. The number of aromatic nitrogens is 3. The minimum absolute atomic E-state index is 0.0232. The number of rotatable bonds is 10. The van der Waals surface area contributed by atoms with E-state index < -0.39 is 47.6 Å². The van der Waals surface area contributed by atoms with Gasteiger partial charge in [0.2, 0.25) is 16.5 Å². The van der Waals surface area contributed by atoms with Gasteiger partial charge in [0.05, 0.1) is 34.3 Å². The van der Waals surface area contributed by atoms with Crippen LogP contribution in [-0.2, 0) is 34.5 Å².